The first-order valence-corrected chi connectivity index (χ1v) is 6.46. The predicted molar refractivity (Wildman–Crippen MR) is 62.1 cm³/mol. The van der Waals surface area contributed by atoms with Crippen LogP contribution in [0.25, 0.3) is 0 Å². The van der Waals surface area contributed by atoms with E-state index in [2.05, 4.69) is 17.2 Å². The van der Waals surface area contributed by atoms with Crippen molar-refractivity contribution in [2.75, 3.05) is 19.7 Å². The van der Waals surface area contributed by atoms with Gasteiger partial charge < -0.3 is 10.1 Å². The van der Waals surface area contributed by atoms with Gasteiger partial charge in [0.15, 0.2) is 0 Å². The number of hydrogen-bond acceptors (Lipinski definition) is 4. The van der Waals surface area contributed by atoms with Crippen molar-refractivity contribution in [3.8, 4) is 0 Å². The molecule has 2 rings (SSSR count). The van der Waals surface area contributed by atoms with E-state index in [0.29, 0.717) is 5.92 Å². The molecule has 1 aromatic rings. The molecule has 0 saturated carbocycles. The van der Waals surface area contributed by atoms with E-state index in [1.807, 2.05) is 11.6 Å². The molecule has 2 heterocycles. The van der Waals surface area contributed by atoms with Gasteiger partial charge in [0.2, 0.25) is 0 Å². The van der Waals surface area contributed by atoms with Crippen LogP contribution in [0.4, 0.5) is 0 Å². The molecule has 0 spiro atoms. The molecule has 4 heteroatoms. The van der Waals surface area contributed by atoms with E-state index in [9.17, 15) is 0 Å². The van der Waals surface area contributed by atoms with Crippen LogP contribution in [0.5, 0.6) is 0 Å². The summed E-state index contributed by atoms with van der Waals surface area (Å²) in [5.41, 5.74) is 0. The second kappa shape index (κ2) is 5.58. The monoisotopic (exact) mass is 226 g/mol. The third-order valence-electron chi connectivity index (χ3n) is 2.78. The van der Waals surface area contributed by atoms with Crippen LogP contribution in [0.3, 0.4) is 0 Å². The minimum Gasteiger partial charge on any atom is -0.371 e. The lowest BCUT2D eigenvalue weighted by molar-refractivity contribution is 0.0334. The van der Waals surface area contributed by atoms with E-state index in [0.717, 1.165) is 18.2 Å². The van der Waals surface area contributed by atoms with Crippen LogP contribution in [0.2, 0.25) is 0 Å². The van der Waals surface area contributed by atoms with Crippen LogP contribution in [-0.2, 0) is 4.74 Å². The fourth-order valence-corrected chi connectivity index (χ4v) is 2.50. The normalized spacial score (nSPS) is 23.9. The summed E-state index contributed by atoms with van der Waals surface area (Å²) < 4.78 is 5.83. The van der Waals surface area contributed by atoms with Crippen molar-refractivity contribution in [3.63, 3.8) is 0 Å². The van der Waals surface area contributed by atoms with Gasteiger partial charge in [0, 0.05) is 18.1 Å². The van der Waals surface area contributed by atoms with Crippen molar-refractivity contribution in [1.29, 1.82) is 0 Å². The lowest BCUT2D eigenvalue weighted by atomic mass is 10.0. The van der Waals surface area contributed by atoms with Gasteiger partial charge in [-0.1, -0.05) is 0 Å². The molecule has 0 amide bonds. The average Bonchev–Trinajstić information content (AvgIpc) is 2.81. The number of aromatic nitrogens is 1. The molecule has 1 N–H and O–H groups in total. The Bertz CT molecular complexity index is 270. The predicted octanol–water partition coefficient (Wildman–Crippen LogP) is 2.22. The molecule has 2 atom stereocenters. The number of nitrogens with one attached hydrogen (secondary N) is 1. The zero-order valence-corrected chi connectivity index (χ0v) is 9.93. The zero-order valence-electron chi connectivity index (χ0n) is 9.11. The van der Waals surface area contributed by atoms with Gasteiger partial charge in [0.05, 0.1) is 6.61 Å². The molecule has 0 aliphatic carbocycles. The maximum absolute atomic E-state index is 5.83. The molecule has 3 nitrogen and oxygen atoms in total. The Kier molecular flexibility index (Phi) is 4.11. The molecular weight excluding hydrogens is 208 g/mol. The Balaban J connectivity index is 1.73. The van der Waals surface area contributed by atoms with E-state index in [1.165, 1.54) is 19.4 Å². The quantitative estimate of drug-likeness (QED) is 0.855. The molecule has 1 aromatic heterocycles. The van der Waals surface area contributed by atoms with Crippen molar-refractivity contribution in [2.45, 2.75) is 25.9 Å². The summed E-state index contributed by atoms with van der Waals surface area (Å²) in [4.78, 5) is 4.26. The van der Waals surface area contributed by atoms with Crippen molar-refractivity contribution in [1.82, 2.24) is 10.3 Å². The fraction of sp³-hybridized carbons (Fsp3) is 0.727. The number of rotatable bonds is 4. The van der Waals surface area contributed by atoms with Gasteiger partial charge in [-0.05, 0) is 32.2 Å². The summed E-state index contributed by atoms with van der Waals surface area (Å²) in [7, 11) is 0. The second-order valence-corrected chi connectivity index (χ2v) is 4.98. The number of hydrogen-bond donors (Lipinski definition) is 1. The van der Waals surface area contributed by atoms with Gasteiger partial charge in [-0.25, -0.2) is 4.98 Å². The summed E-state index contributed by atoms with van der Waals surface area (Å²) >= 11 is 1.67. The van der Waals surface area contributed by atoms with Gasteiger partial charge >= 0.3 is 0 Å². The molecular formula is C11H18N2OS. The van der Waals surface area contributed by atoms with Crippen molar-refractivity contribution >= 4 is 11.3 Å². The van der Waals surface area contributed by atoms with Gasteiger partial charge in [-0.3, -0.25) is 0 Å². The smallest absolute Gasteiger partial charge is 0.121 e. The topological polar surface area (TPSA) is 34.1 Å². The average molecular weight is 226 g/mol. The highest BCUT2D eigenvalue weighted by atomic mass is 32.1. The van der Waals surface area contributed by atoms with E-state index in [4.69, 9.17) is 4.74 Å². The largest absolute Gasteiger partial charge is 0.371 e. The summed E-state index contributed by atoms with van der Waals surface area (Å²) in [6.45, 7) is 5.20. The summed E-state index contributed by atoms with van der Waals surface area (Å²) in [6, 6.07) is 0. The first-order valence-electron chi connectivity index (χ1n) is 5.58. The Hall–Kier alpha value is -0.450. The number of piperidine rings is 1. The third kappa shape index (κ3) is 3.26. The lowest BCUT2D eigenvalue weighted by Gasteiger charge is -2.23. The number of thiazole rings is 1. The molecule has 1 fully saturated rings. The van der Waals surface area contributed by atoms with Gasteiger partial charge in [-0.2, -0.15) is 0 Å². The fourth-order valence-electron chi connectivity index (χ4n) is 1.85. The summed E-state index contributed by atoms with van der Waals surface area (Å²) in [6.07, 6.45) is 4.55. The van der Waals surface area contributed by atoms with Crippen LogP contribution < -0.4 is 5.32 Å². The molecule has 15 heavy (non-hydrogen) atoms. The maximum atomic E-state index is 5.83. The van der Waals surface area contributed by atoms with Crippen LogP contribution in [-0.4, -0.2) is 24.7 Å². The first kappa shape index (κ1) is 11.0. The lowest BCUT2D eigenvalue weighted by Crippen LogP contribution is -2.32. The van der Waals surface area contributed by atoms with Crippen LogP contribution >= 0.6 is 11.3 Å². The molecule has 0 radical (unpaired) electrons. The standard InChI is InChI=1S/C11H18N2OS/c1-9(11-13-5-6-15-11)14-8-10-3-2-4-12-7-10/h5-6,9-10,12H,2-4,7-8H2,1H3/t9-,10+/m0/s1. The molecule has 84 valence electrons. The molecule has 1 saturated heterocycles. The minimum absolute atomic E-state index is 0.145. The highest BCUT2D eigenvalue weighted by Gasteiger charge is 2.15. The van der Waals surface area contributed by atoms with E-state index in [1.54, 1.807) is 11.3 Å². The third-order valence-corrected chi connectivity index (χ3v) is 3.72. The molecule has 1 aliphatic heterocycles. The SMILES string of the molecule is C[C@H](OC[C@@H]1CCCNC1)c1nccs1. The molecule has 0 bridgehead atoms. The van der Waals surface area contributed by atoms with Crippen LogP contribution in [0.1, 0.15) is 30.9 Å². The maximum Gasteiger partial charge on any atom is 0.121 e. The van der Waals surface area contributed by atoms with Gasteiger partial charge in [0.25, 0.3) is 0 Å². The van der Waals surface area contributed by atoms with E-state index >= 15 is 0 Å². The Morgan fingerprint density at radius 1 is 1.73 bits per heavy atom. The second-order valence-electron chi connectivity index (χ2n) is 4.06. The molecule has 1 aliphatic rings. The van der Waals surface area contributed by atoms with Gasteiger partial charge in [0.1, 0.15) is 11.1 Å². The highest BCUT2D eigenvalue weighted by Crippen LogP contribution is 2.20. The minimum atomic E-state index is 0.145. The Morgan fingerprint density at radius 3 is 3.33 bits per heavy atom. The van der Waals surface area contributed by atoms with Crippen LogP contribution in [0.15, 0.2) is 11.6 Å². The van der Waals surface area contributed by atoms with Crippen LogP contribution in [0, 0.1) is 5.92 Å². The number of ether oxygens (including phenoxy) is 1. The highest BCUT2D eigenvalue weighted by molar-refractivity contribution is 7.09. The van der Waals surface area contributed by atoms with Gasteiger partial charge in [-0.15, -0.1) is 11.3 Å². The Labute approximate surface area is 94.9 Å². The van der Waals surface area contributed by atoms with E-state index < -0.39 is 0 Å². The Morgan fingerprint density at radius 2 is 2.67 bits per heavy atom. The van der Waals surface area contributed by atoms with Crippen molar-refractivity contribution in [2.24, 2.45) is 5.92 Å². The zero-order chi connectivity index (χ0) is 10.5. The summed E-state index contributed by atoms with van der Waals surface area (Å²) in [5, 5.41) is 6.48. The van der Waals surface area contributed by atoms with Crippen molar-refractivity contribution < 1.29 is 4.74 Å². The van der Waals surface area contributed by atoms with E-state index in [-0.39, 0.29) is 6.10 Å². The molecule has 0 aromatic carbocycles. The van der Waals surface area contributed by atoms with Crippen molar-refractivity contribution in [3.05, 3.63) is 16.6 Å². The first-order chi connectivity index (χ1) is 7.36. The number of nitrogens with zero attached hydrogens (tertiary/aromatic N) is 1. The summed E-state index contributed by atoms with van der Waals surface area (Å²) in [5.74, 6) is 0.682. The molecule has 0 unspecified atom stereocenters.